The van der Waals surface area contributed by atoms with Crippen LogP contribution in [-0.2, 0) is 0 Å². The van der Waals surface area contributed by atoms with Crippen LogP contribution in [0.25, 0.3) is 0 Å². The van der Waals surface area contributed by atoms with Gasteiger partial charge in [-0.25, -0.2) is 15.0 Å². The molecule has 0 saturated carbocycles. The first-order valence-corrected chi connectivity index (χ1v) is 6.17. The van der Waals surface area contributed by atoms with Gasteiger partial charge in [0.2, 0.25) is 0 Å². The third-order valence-corrected chi connectivity index (χ3v) is 3.19. The van der Waals surface area contributed by atoms with Gasteiger partial charge in [0, 0.05) is 18.1 Å². The first-order chi connectivity index (χ1) is 8.58. The number of nitrogens with zero attached hydrogens (tertiary/aromatic N) is 3. The molecule has 0 fully saturated rings. The highest BCUT2D eigenvalue weighted by molar-refractivity contribution is 7.99. The molecule has 0 bridgehead atoms. The number of pyridine rings is 1. The Kier molecular flexibility index (Phi) is 3.57. The van der Waals surface area contributed by atoms with Crippen LogP contribution >= 0.6 is 11.8 Å². The fraction of sp³-hybridized carbons (Fsp3) is 0.167. The lowest BCUT2D eigenvalue weighted by Crippen LogP contribution is -2.15. The number of aryl methyl sites for hydroxylation is 2. The van der Waals surface area contributed by atoms with E-state index < -0.39 is 0 Å². The molecule has 18 heavy (non-hydrogen) atoms. The van der Waals surface area contributed by atoms with Gasteiger partial charge in [-0.05, 0) is 43.3 Å². The van der Waals surface area contributed by atoms with Crippen molar-refractivity contribution in [1.29, 1.82) is 5.41 Å². The quantitative estimate of drug-likeness (QED) is 0.499. The van der Waals surface area contributed by atoms with Crippen LogP contribution in [0.1, 0.15) is 16.8 Å². The zero-order chi connectivity index (χ0) is 13.1. The van der Waals surface area contributed by atoms with E-state index in [0.29, 0.717) is 15.7 Å². The van der Waals surface area contributed by atoms with Gasteiger partial charge in [0.1, 0.15) is 10.9 Å². The third-order valence-electron chi connectivity index (χ3n) is 2.31. The van der Waals surface area contributed by atoms with E-state index in [9.17, 15) is 0 Å². The molecule has 0 atom stereocenters. The van der Waals surface area contributed by atoms with Crippen LogP contribution in [0.4, 0.5) is 0 Å². The molecule has 0 aliphatic carbocycles. The normalized spacial score (nSPS) is 10.3. The Morgan fingerprint density at radius 3 is 2.56 bits per heavy atom. The van der Waals surface area contributed by atoms with Gasteiger partial charge in [-0.3, -0.25) is 5.41 Å². The summed E-state index contributed by atoms with van der Waals surface area (Å²) in [6, 6.07) is 3.66. The van der Waals surface area contributed by atoms with Gasteiger partial charge in [-0.1, -0.05) is 0 Å². The molecule has 0 spiro atoms. The third kappa shape index (κ3) is 2.65. The van der Waals surface area contributed by atoms with Crippen LogP contribution in [0.15, 0.2) is 34.7 Å². The van der Waals surface area contributed by atoms with Gasteiger partial charge in [0.05, 0.1) is 5.56 Å². The summed E-state index contributed by atoms with van der Waals surface area (Å²) in [5, 5.41) is 8.90. The standard InChI is InChI=1S/C12H13N5S/c1-7-6-8(2)17-11(9(7)10(13)14)18-12-15-4-3-5-16-12/h3-6H,1-2H3,(H3,13,14). The van der Waals surface area contributed by atoms with E-state index in [1.807, 2.05) is 19.9 Å². The molecule has 92 valence electrons. The molecular weight excluding hydrogens is 246 g/mol. The van der Waals surface area contributed by atoms with Gasteiger partial charge in [-0.2, -0.15) is 0 Å². The molecule has 5 nitrogen and oxygen atoms in total. The Hall–Kier alpha value is -1.95. The van der Waals surface area contributed by atoms with E-state index in [4.69, 9.17) is 11.1 Å². The predicted molar refractivity (Wildman–Crippen MR) is 70.9 cm³/mol. The number of amidine groups is 1. The molecule has 0 unspecified atom stereocenters. The number of rotatable bonds is 3. The van der Waals surface area contributed by atoms with E-state index in [1.54, 1.807) is 18.5 Å². The van der Waals surface area contributed by atoms with Gasteiger partial charge in [0.15, 0.2) is 5.16 Å². The van der Waals surface area contributed by atoms with Gasteiger partial charge in [-0.15, -0.1) is 0 Å². The van der Waals surface area contributed by atoms with Gasteiger partial charge >= 0.3 is 0 Å². The lowest BCUT2D eigenvalue weighted by atomic mass is 10.1. The number of hydrogen-bond donors (Lipinski definition) is 2. The minimum Gasteiger partial charge on any atom is -0.384 e. The predicted octanol–water partition coefficient (Wildman–Crippen LogP) is 1.92. The largest absolute Gasteiger partial charge is 0.384 e. The zero-order valence-corrected chi connectivity index (χ0v) is 11.0. The first-order valence-electron chi connectivity index (χ1n) is 5.35. The van der Waals surface area contributed by atoms with E-state index in [-0.39, 0.29) is 5.84 Å². The highest BCUT2D eigenvalue weighted by atomic mass is 32.2. The Labute approximate surface area is 109 Å². The summed E-state index contributed by atoms with van der Waals surface area (Å²) in [5.74, 6) is 0.0124. The van der Waals surface area contributed by atoms with Crippen LogP contribution in [0.3, 0.4) is 0 Å². The maximum atomic E-state index is 7.64. The maximum absolute atomic E-state index is 7.64. The summed E-state index contributed by atoms with van der Waals surface area (Å²) in [6.45, 7) is 3.83. The molecular formula is C12H13N5S. The molecule has 0 saturated heterocycles. The number of hydrogen-bond acceptors (Lipinski definition) is 5. The topological polar surface area (TPSA) is 88.5 Å². The van der Waals surface area contributed by atoms with Crippen LogP contribution in [-0.4, -0.2) is 20.8 Å². The molecule has 0 aliphatic rings. The second-order valence-electron chi connectivity index (χ2n) is 3.81. The van der Waals surface area contributed by atoms with Gasteiger partial charge < -0.3 is 5.73 Å². The number of nitrogens with one attached hydrogen (secondary N) is 1. The van der Waals surface area contributed by atoms with Crippen molar-refractivity contribution >= 4 is 17.6 Å². The minimum absolute atomic E-state index is 0.0124. The fourth-order valence-electron chi connectivity index (χ4n) is 1.63. The number of aromatic nitrogens is 3. The van der Waals surface area contributed by atoms with E-state index in [1.165, 1.54) is 11.8 Å². The van der Waals surface area contributed by atoms with Crippen molar-refractivity contribution in [2.75, 3.05) is 0 Å². The number of nitrogens with two attached hydrogens (primary N) is 1. The van der Waals surface area contributed by atoms with E-state index in [0.717, 1.165) is 11.3 Å². The van der Waals surface area contributed by atoms with Crippen LogP contribution in [0.2, 0.25) is 0 Å². The van der Waals surface area contributed by atoms with Crippen molar-refractivity contribution in [2.45, 2.75) is 24.0 Å². The van der Waals surface area contributed by atoms with Crippen molar-refractivity contribution in [3.05, 3.63) is 41.3 Å². The van der Waals surface area contributed by atoms with Crippen molar-refractivity contribution in [3.63, 3.8) is 0 Å². The Morgan fingerprint density at radius 2 is 1.94 bits per heavy atom. The van der Waals surface area contributed by atoms with Crippen LogP contribution < -0.4 is 5.73 Å². The van der Waals surface area contributed by atoms with Crippen molar-refractivity contribution in [2.24, 2.45) is 5.73 Å². The highest BCUT2D eigenvalue weighted by Gasteiger charge is 2.13. The second-order valence-corrected chi connectivity index (χ2v) is 4.76. The minimum atomic E-state index is 0.0124. The average Bonchev–Trinajstić information content (AvgIpc) is 2.28. The van der Waals surface area contributed by atoms with Crippen LogP contribution in [0.5, 0.6) is 0 Å². The fourth-order valence-corrected chi connectivity index (χ4v) is 2.59. The molecule has 0 aliphatic heterocycles. The lowest BCUT2D eigenvalue weighted by molar-refractivity contribution is 0.952. The Balaban J connectivity index is 2.46. The summed E-state index contributed by atoms with van der Waals surface area (Å²) in [7, 11) is 0. The molecule has 0 radical (unpaired) electrons. The Bertz CT molecular complexity index is 583. The van der Waals surface area contributed by atoms with Crippen LogP contribution in [0, 0.1) is 19.3 Å². The Morgan fingerprint density at radius 1 is 1.28 bits per heavy atom. The first kappa shape index (κ1) is 12.5. The smallest absolute Gasteiger partial charge is 0.193 e. The van der Waals surface area contributed by atoms with Gasteiger partial charge in [0.25, 0.3) is 0 Å². The molecule has 6 heteroatoms. The second kappa shape index (κ2) is 5.14. The van der Waals surface area contributed by atoms with Crippen molar-refractivity contribution < 1.29 is 0 Å². The van der Waals surface area contributed by atoms with E-state index in [2.05, 4.69) is 15.0 Å². The lowest BCUT2D eigenvalue weighted by Gasteiger charge is -2.10. The molecule has 2 aromatic heterocycles. The molecule has 0 aromatic carbocycles. The molecule has 2 aromatic rings. The number of nitrogen functional groups attached to an aromatic ring is 1. The summed E-state index contributed by atoms with van der Waals surface area (Å²) in [4.78, 5) is 12.7. The molecule has 0 amide bonds. The monoisotopic (exact) mass is 259 g/mol. The zero-order valence-electron chi connectivity index (χ0n) is 10.1. The summed E-state index contributed by atoms with van der Waals surface area (Å²) in [5.41, 5.74) is 8.08. The molecule has 2 rings (SSSR count). The summed E-state index contributed by atoms with van der Waals surface area (Å²) in [6.07, 6.45) is 3.34. The summed E-state index contributed by atoms with van der Waals surface area (Å²) < 4.78 is 0. The highest BCUT2D eigenvalue weighted by Crippen LogP contribution is 2.27. The van der Waals surface area contributed by atoms with Crippen molar-refractivity contribution in [3.8, 4) is 0 Å². The molecule has 3 N–H and O–H groups in total. The maximum Gasteiger partial charge on any atom is 0.193 e. The average molecular weight is 259 g/mol. The summed E-state index contributed by atoms with van der Waals surface area (Å²) >= 11 is 1.32. The SMILES string of the molecule is Cc1cc(C)c(C(=N)N)c(Sc2ncccn2)n1. The van der Waals surface area contributed by atoms with Crippen molar-refractivity contribution in [1.82, 2.24) is 15.0 Å². The molecule has 2 heterocycles. The van der Waals surface area contributed by atoms with E-state index >= 15 is 0 Å².